The smallest absolute Gasteiger partial charge is 0.308 e. The van der Waals surface area contributed by atoms with Crippen molar-refractivity contribution >= 4 is 17.6 Å². The monoisotopic (exact) mass is 514 g/mol. The lowest BCUT2D eigenvalue weighted by Gasteiger charge is -2.25. The van der Waals surface area contributed by atoms with Crippen LogP contribution in [0.3, 0.4) is 0 Å². The van der Waals surface area contributed by atoms with E-state index in [4.69, 9.17) is 36.3 Å². The average molecular weight is 515 g/mol. The molecule has 0 saturated heterocycles. The van der Waals surface area contributed by atoms with Gasteiger partial charge in [0.15, 0.2) is 17.3 Å². The SMILES string of the molecule is CCOC(=O)CC1OC(c2cccc(OC)c2OC)c2cc(Cl)ccc2-n2c1nnc2C(C)(C)CN. The van der Waals surface area contributed by atoms with E-state index in [1.54, 1.807) is 27.2 Å². The summed E-state index contributed by atoms with van der Waals surface area (Å²) in [6.45, 7) is 6.35. The number of rotatable bonds is 8. The number of fused-ring (bicyclic) bond motifs is 3. The Hall–Kier alpha value is -3.14. The van der Waals surface area contributed by atoms with Gasteiger partial charge in [0.25, 0.3) is 0 Å². The summed E-state index contributed by atoms with van der Waals surface area (Å²) in [5.41, 5.74) is 7.86. The van der Waals surface area contributed by atoms with Crippen LogP contribution in [0.2, 0.25) is 5.02 Å². The number of aromatic nitrogens is 3. The molecule has 9 nitrogen and oxygen atoms in total. The van der Waals surface area contributed by atoms with Crippen molar-refractivity contribution in [1.82, 2.24) is 14.8 Å². The van der Waals surface area contributed by atoms with Crippen LogP contribution in [0.25, 0.3) is 5.69 Å². The highest BCUT2D eigenvalue weighted by atomic mass is 35.5. The Morgan fingerprint density at radius 2 is 1.94 bits per heavy atom. The fourth-order valence-electron chi connectivity index (χ4n) is 4.38. The van der Waals surface area contributed by atoms with Gasteiger partial charge in [0.05, 0.1) is 32.9 Å². The number of ether oxygens (including phenoxy) is 4. The molecule has 2 unspecified atom stereocenters. The van der Waals surface area contributed by atoms with Gasteiger partial charge in [-0.3, -0.25) is 9.36 Å². The molecule has 1 aliphatic heterocycles. The van der Waals surface area contributed by atoms with Crippen molar-refractivity contribution < 1.29 is 23.7 Å². The van der Waals surface area contributed by atoms with E-state index in [9.17, 15) is 4.79 Å². The summed E-state index contributed by atoms with van der Waals surface area (Å²) in [4.78, 5) is 12.6. The molecule has 2 atom stereocenters. The van der Waals surface area contributed by atoms with Gasteiger partial charge in [0.1, 0.15) is 18.0 Å². The van der Waals surface area contributed by atoms with E-state index < -0.39 is 23.6 Å². The third-order valence-electron chi connectivity index (χ3n) is 6.28. The lowest BCUT2D eigenvalue weighted by Crippen LogP contribution is -2.32. The number of benzene rings is 2. The van der Waals surface area contributed by atoms with Crippen molar-refractivity contribution in [1.29, 1.82) is 0 Å². The van der Waals surface area contributed by atoms with Gasteiger partial charge in [-0.2, -0.15) is 0 Å². The van der Waals surface area contributed by atoms with Gasteiger partial charge in [0, 0.05) is 28.1 Å². The van der Waals surface area contributed by atoms with Crippen LogP contribution in [0.1, 0.15) is 62.2 Å². The van der Waals surface area contributed by atoms with Crippen molar-refractivity contribution in [2.24, 2.45) is 5.73 Å². The number of carbonyl (C=O) groups is 1. The molecule has 1 aromatic heterocycles. The Bertz CT molecular complexity index is 1260. The quantitative estimate of drug-likeness (QED) is 0.443. The fraction of sp³-hybridized carbons (Fsp3) is 0.423. The molecule has 3 aromatic rings. The molecule has 0 amide bonds. The number of esters is 1. The molecule has 10 heteroatoms. The summed E-state index contributed by atoms with van der Waals surface area (Å²) in [6.07, 6.45) is -1.50. The third-order valence-corrected chi connectivity index (χ3v) is 6.51. The second kappa shape index (κ2) is 10.5. The molecule has 0 radical (unpaired) electrons. The van der Waals surface area contributed by atoms with Crippen LogP contribution in [0.4, 0.5) is 0 Å². The van der Waals surface area contributed by atoms with Crippen LogP contribution in [0, 0.1) is 0 Å². The van der Waals surface area contributed by atoms with Gasteiger partial charge < -0.3 is 24.7 Å². The summed E-state index contributed by atoms with van der Waals surface area (Å²) in [7, 11) is 3.15. The summed E-state index contributed by atoms with van der Waals surface area (Å²) < 4.78 is 25.1. The van der Waals surface area contributed by atoms with Crippen LogP contribution in [0.5, 0.6) is 11.5 Å². The number of para-hydroxylation sites is 1. The Kier molecular flexibility index (Phi) is 7.54. The van der Waals surface area contributed by atoms with E-state index >= 15 is 0 Å². The highest BCUT2D eigenvalue weighted by molar-refractivity contribution is 6.30. The number of carbonyl (C=O) groups excluding carboxylic acids is 1. The Balaban J connectivity index is 2.01. The molecule has 4 rings (SSSR count). The number of nitrogens with two attached hydrogens (primary N) is 1. The maximum absolute atomic E-state index is 12.6. The number of methoxy groups -OCH3 is 2. The van der Waals surface area contributed by atoms with Gasteiger partial charge >= 0.3 is 5.97 Å². The maximum Gasteiger partial charge on any atom is 0.308 e. The first-order valence-corrected chi connectivity index (χ1v) is 12.1. The van der Waals surface area contributed by atoms with Crippen molar-refractivity contribution in [3.05, 3.63) is 64.2 Å². The molecule has 2 aromatic carbocycles. The topological polar surface area (TPSA) is 111 Å². The van der Waals surface area contributed by atoms with Crippen LogP contribution in [0.15, 0.2) is 36.4 Å². The molecule has 0 saturated carbocycles. The predicted octanol–water partition coefficient (Wildman–Crippen LogP) is 4.29. The minimum absolute atomic E-state index is 0.0560. The minimum Gasteiger partial charge on any atom is -0.493 e. The van der Waals surface area contributed by atoms with E-state index in [-0.39, 0.29) is 13.0 Å². The van der Waals surface area contributed by atoms with Crippen molar-refractivity contribution in [3.63, 3.8) is 0 Å². The zero-order valence-electron chi connectivity index (χ0n) is 21.1. The molecule has 36 heavy (non-hydrogen) atoms. The summed E-state index contributed by atoms with van der Waals surface area (Å²) in [5.74, 6) is 1.80. The maximum atomic E-state index is 12.6. The van der Waals surface area contributed by atoms with Crippen molar-refractivity contribution in [2.45, 2.75) is 44.8 Å². The van der Waals surface area contributed by atoms with Gasteiger partial charge in [-0.15, -0.1) is 10.2 Å². The number of nitrogens with zero attached hydrogens (tertiary/aromatic N) is 3. The van der Waals surface area contributed by atoms with Crippen molar-refractivity contribution in [2.75, 3.05) is 27.4 Å². The summed E-state index contributed by atoms with van der Waals surface area (Å²) in [6, 6.07) is 11.1. The molecule has 2 N–H and O–H groups in total. The second-order valence-electron chi connectivity index (χ2n) is 9.11. The zero-order valence-corrected chi connectivity index (χ0v) is 21.8. The van der Waals surface area contributed by atoms with Gasteiger partial charge in [-0.1, -0.05) is 37.6 Å². The Labute approximate surface area is 215 Å². The van der Waals surface area contributed by atoms with E-state index in [1.165, 1.54) is 0 Å². The first-order valence-electron chi connectivity index (χ1n) is 11.7. The lowest BCUT2D eigenvalue weighted by atomic mass is 9.92. The van der Waals surface area contributed by atoms with Crippen LogP contribution in [-0.4, -0.2) is 48.1 Å². The second-order valence-corrected chi connectivity index (χ2v) is 9.54. The number of halogens is 1. The molecule has 0 spiro atoms. The van der Waals surface area contributed by atoms with Crippen LogP contribution in [-0.2, 0) is 19.7 Å². The van der Waals surface area contributed by atoms with Gasteiger partial charge in [0.2, 0.25) is 0 Å². The van der Waals surface area contributed by atoms with Crippen LogP contribution < -0.4 is 15.2 Å². The van der Waals surface area contributed by atoms with Gasteiger partial charge in [-0.05, 0) is 31.2 Å². The molecular formula is C26H31ClN4O5. The number of hydrogen-bond donors (Lipinski definition) is 1. The number of hydrogen-bond acceptors (Lipinski definition) is 8. The first-order chi connectivity index (χ1) is 17.2. The third kappa shape index (κ3) is 4.66. The summed E-state index contributed by atoms with van der Waals surface area (Å²) >= 11 is 6.49. The predicted molar refractivity (Wildman–Crippen MR) is 135 cm³/mol. The standard InChI is InChI=1S/C26H31ClN4O5/c1-6-35-21(32)13-20-24-29-30-25(26(2,3)14-28)31(24)18-11-10-15(27)12-17(18)22(36-20)16-8-7-9-19(33-4)23(16)34-5/h7-12,20,22H,6,13-14,28H2,1-5H3. The molecule has 192 valence electrons. The van der Waals surface area contributed by atoms with Gasteiger partial charge in [-0.25, -0.2) is 0 Å². The molecule has 0 bridgehead atoms. The van der Waals surface area contributed by atoms with E-state index in [0.29, 0.717) is 40.3 Å². The summed E-state index contributed by atoms with van der Waals surface area (Å²) in [5, 5.41) is 9.51. The largest absolute Gasteiger partial charge is 0.493 e. The normalized spacial score (nSPS) is 17.1. The van der Waals surface area contributed by atoms with Crippen LogP contribution >= 0.6 is 11.6 Å². The molecule has 1 aliphatic rings. The van der Waals surface area contributed by atoms with Crippen molar-refractivity contribution in [3.8, 4) is 17.2 Å². The minimum atomic E-state index is -0.772. The molecule has 2 heterocycles. The Morgan fingerprint density at radius 1 is 1.17 bits per heavy atom. The highest BCUT2D eigenvalue weighted by Gasteiger charge is 2.39. The fourth-order valence-corrected chi connectivity index (χ4v) is 4.56. The highest BCUT2D eigenvalue weighted by Crippen LogP contribution is 2.47. The molecular weight excluding hydrogens is 484 g/mol. The van der Waals surface area contributed by atoms with E-state index in [0.717, 1.165) is 11.3 Å². The average Bonchev–Trinajstić information content (AvgIpc) is 3.27. The Morgan fingerprint density at radius 3 is 2.61 bits per heavy atom. The van der Waals surface area contributed by atoms with E-state index in [1.807, 2.05) is 48.7 Å². The van der Waals surface area contributed by atoms with E-state index in [2.05, 4.69) is 10.2 Å². The lowest BCUT2D eigenvalue weighted by molar-refractivity contribution is -0.147. The zero-order chi connectivity index (χ0) is 26.0. The first kappa shape index (κ1) is 25.9. The molecule has 0 fully saturated rings. The molecule has 0 aliphatic carbocycles.